The van der Waals surface area contributed by atoms with Crippen LogP contribution in [0.25, 0.3) is 0 Å². The lowest BCUT2D eigenvalue weighted by molar-refractivity contribution is 0.0730. The monoisotopic (exact) mass is 203 g/mol. The van der Waals surface area contributed by atoms with Crippen molar-refractivity contribution in [2.24, 2.45) is 0 Å². The van der Waals surface area contributed by atoms with Crippen LogP contribution in [0.3, 0.4) is 0 Å². The van der Waals surface area contributed by atoms with Gasteiger partial charge in [-0.25, -0.2) is 0 Å². The first-order valence-corrected chi connectivity index (χ1v) is 5.65. The minimum atomic E-state index is 0.344. The third-order valence-corrected chi connectivity index (χ3v) is 2.01. The minimum absolute atomic E-state index is 0.344. The maximum atomic E-state index is 5.54. The van der Waals surface area contributed by atoms with E-state index in [-0.39, 0.29) is 0 Å². The van der Waals surface area contributed by atoms with Gasteiger partial charge in [-0.05, 0) is 19.4 Å². The number of nitrogens with one attached hydrogen (secondary N) is 1. The molecule has 0 aromatic heterocycles. The van der Waals surface area contributed by atoms with Crippen molar-refractivity contribution in [2.75, 3.05) is 33.5 Å². The predicted molar refractivity (Wildman–Crippen MR) is 59.7 cm³/mol. The standard InChI is InChI=1S/C11H25NO2/c1-4-6-8-14-10-11(9-13-3)12-7-5-2/h11-12H,4-10H2,1-3H3. The number of hydrogen-bond donors (Lipinski definition) is 1. The molecular formula is C11H25NO2. The van der Waals surface area contributed by atoms with Gasteiger partial charge in [-0.15, -0.1) is 0 Å². The molecule has 3 heteroatoms. The number of rotatable bonds is 10. The lowest BCUT2D eigenvalue weighted by Gasteiger charge is -2.17. The molecule has 3 nitrogen and oxygen atoms in total. The van der Waals surface area contributed by atoms with Gasteiger partial charge in [-0.1, -0.05) is 20.3 Å². The molecule has 0 rings (SSSR count). The lowest BCUT2D eigenvalue weighted by Crippen LogP contribution is -2.37. The normalized spacial score (nSPS) is 13.1. The minimum Gasteiger partial charge on any atom is -0.383 e. The van der Waals surface area contributed by atoms with Gasteiger partial charge in [0, 0.05) is 13.7 Å². The van der Waals surface area contributed by atoms with Gasteiger partial charge in [0.1, 0.15) is 0 Å². The second-order valence-electron chi connectivity index (χ2n) is 3.53. The lowest BCUT2D eigenvalue weighted by atomic mass is 10.3. The van der Waals surface area contributed by atoms with Crippen molar-refractivity contribution in [3.63, 3.8) is 0 Å². The van der Waals surface area contributed by atoms with E-state index in [1.165, 1.54) is 6.42 Å². The van der Waals surface area contributed by atoms with Crippen LogP contribution in [0, 0.1) is 0 Å². The highest BCUT2D eigenvalue weighted by Gasteiger charge is 2.06. The van der Waals surface area contributed by atoms with Crippen LogP contribution in [-0.2, 0) is 9.47 Å². The third-order valence-electron chi connectivity index (χ3n) is 2.01. The summed E-state index contributed by atoms with van der Waals surface area (Å²) in [6.07, 6.45) is 3.49. The van der Waals surface area contributed by atoms with Gasteiger partial charge in [0.2, 0.25) is 0 Å². The Morgan fingerprint density at radius 3 is 2.50 bits per heavy atom. The molecule has 0 aliphatic rings. The molecule has 0 bridgehead atoms. The van der Waals surface area contributed by atoms with Crippen LogP contribution >= 0.6 is 0 Å². The maximum absolute atomic E-state index is 5.54. The Labute approximate surface area is 88.2 Å². The molecule has 0 heterocycles. The van der Waals surface area contributed by atoms with Crippen molar-refractivity contribution in [3.8, 4) is 0 Å². The molecule has 14 heavy (non-hydrogen) atoms. The number of unbranched alkanes of at least 4 members (excludes halogenated alkanes) is 1. The zero-order valence-corrected chi connectivity index (χ0v) is 9.84. The summed E-state index contributed by atoms with van der Waals surface area (Å²) in [7, 11) is 1.73. The molecule has 0 aromatic carbocycles. The van der Waals surface area contributed by atoms with Gasteiger partial charge >= 0.3 is 0 Å². The summed E-state index contributed by atoms with van der Waals surface area (Å²) >= 11 is 0. The van der Waals surface area contributed by atoms with Gasteiger partial charge in [0.25, 0.3) is 0 Å². The summed E-state index contributed by atoms with van der Waals surface area (Å²) in [6, 6.07) is 0.344. The van der Waals surface area contributed by atoms with Gasteiger partial charge in [0.15, 0.2) is 0 Å². The molecular weight excluding hydrogens is 178 g/mol. The van der Waals surface area contributed by atoms with E-state index >= 15 is 0 Å². The molecule has 0 amide bonds. The molecule has 0 saturated carbocycles. The Morgan fingerprint density at radius 2 is 1.93 bits per heavy atom. The highest BCUT2D eigenvalue weighted by molar-refractivity contribution is 4.64. The van der Waals surface area contributed by atoms with Gasteiger partial charge in [-0.2, -0.15) is 0 Å². The molecule has 0 aromatic rings. The van der Waals surface area contributed by atoms with E-state index in [4.69, 9.17) is 9.47 Å². The SMILES string of the molecule is CCCCOCC(COC)NCCC. The average molecular weight is 203 g/mol. The largest absolute Gasteiger partial charge is 0.383 e. The van der Waals surface area contributed by atoms with E-state index in [1.54, 1.807) is 7.11 Å². The smallest absolute Gasteiger partial charge is 0.0642 e. The summed E-state index contributed by atoms with van der Waals surface area (Å²) < 4.78 is 10.7. The third kappa shape index (κ3) is 8.48. The Hall–Kier alpha value is -0.120. The van der Waals surface area contributed by atoms with Gasteiger partial charge in [-0.3, -0.25) is 0 Å². The van der Waals surface area contributed by atoms with Crippen LogP contribution in [0.15, 0.2) is 0 Å². The van der Waals surface area contributed by atoms with Crippen LogP contribution < -0.4 is 5.32 Å². The van der Waals surface area contributed by atoms with Crippen LogP contribution in [0.1, 0.15) is 33.1 Å². The van der Waals surface area contributed by atoms with E-state index in [2.05, 4.69) is 19.2 Å². The molecule has 1 unspecified atom stereocenters. The summed E-state index contributed by atoms with van der Waals surface area (Å²) in [6.45, 7) is 7.72. The number of ether oxygens (including phenoxy) is 2. The summed E-state index contributed by atoms with van der Waals surface area (Å²) in [5.41, 5.74) is 0. The van der Waals surface area contributed by atoms with Crippen LogP contribution in [0.4, 0.5) is 0 Å². The molecule has 0 aliphatic carbocycles. The fourth-order valence-corrected chi connectivity index (χ4v) is 1.19. The second kappa shape index (κ2) is 11.0. The van der Waals surface area contributed by atoms with Crippen molar-refractivity contribution < 1.29 is 9.47 Å². The number of hydrogen-bond acceptors (Lipinski definition) is 3. The van der Waals surface area contributed by atoms with E-state index in [0.29, 0.717) is 6.04 Å². The molecule has 0 aliphatic heterocycles. The van der Waals surface area contributed by atoms with Crippen LogP contribution in [0.2, 0.25) is 0 Å². The fourth-order valence-electron chi connectivity index (χ4n) is 1.19. The fraction of sp³-hybridized carbons (Fsp3) is 1.00. The first kappa shape index (κ1) is 13.9. The first-order valence-electron chi connectivity index (χ1n) is 5.65. The van der Waals surface area contributed by atoms with Crippen molar-refractivity contribution in [3.05, 3.63) is 0 Å². The summed E-state index contributed by atoms with van der Waals surface area (Å²) in [5.74, 6) is 0. The molecule has 0 saturated heterocycles. The Bertz CT molecular complexity index is 109. The van der Waals surface area contributed by atoms with E-state index < -0.39 is 0 Å². The molecule has 1 atom stereocenters. The Morgan fingerprint density at radius 1 is 1.14 bits per heavy atom. The molecule has 0 spiro atoms. The topological polar surface area (TPSA) is 30.5 Å². The predicted octanol–water partition coefficient (Wildman–Crippen LogP) is 1.82. The maximum Gasteiger partial charge on any atom is 0.0642 e. The van der Waals surface area contributed by atoms with Gasteiger partial charge < -0.3 is 14.8 Å². The molecule has 1 N–H and O–H groups in total. The zero-order chi connectivity index (χ0) is 10.6. The van der Waals surface area contributed by atoms with Crippen molar-refractivity contribution in [2.45, 2.75) is 39.2 Å². The first-order chi connectivity index (χ1) is 6.85. The quantitative estimate of drug-likeness (QED) is 0.549. The Kier molecular flexibility index (Phi) is 10.9. The Balaban J connectivity index is 3.40. The van der Waals surface area contributed by atoms with Crippen molar-refractivity contribution in [1.82, 2.24) is 5.32 Å². The molecule has 0 radical (unpaired) electrons. The average Bonchev–Trinajstić information content (AvgIpc) is 2.20. The van der Waals surface area contributed by atoms with E-state index in [1.807, 2.05) is 0 Å². The second-order valence-corrected chi connectivity index (χ2v) is 3.53. The molecule has 86 valence electrons. The van der Waals surface area contributed by atoms with E-state index in [0.717, 1.165) is 39.2 Å². The van der Waals surface area contributed by atoms with Crippen LogP contribution in [0.5, 0.6) is 0 Å². The van der Waals surface area contributed by atoms with Crippen molar-refractivity contribution >= 4 is 0 Å². The highest BCUT2D eigenvalue weighted by atomic mass is 16.5. The summed E-state index contributed by atoms with van der Waals surface area (Å²) in [4.78, 5) is 0. The van der Waals surface area contributed by atoms with Gasteiger partial charge in [0.05, 0.1) is 19.3 Å². The van der Waals surface area contributed by atoms with Crippen LogP contribution in [-0.4, -0.2) is 39.5 Å². The highest BCUT2D eigenvalue weighted by Crippen LogP contribution is 1.92. The van der Waals surface area contributed by atoms with Crippen molar-refractivity contribution in [1.29, 1.82) is 0 Å². The number of methoxy groups -OCH3 is 1. The van der Waals surface area contributed by atoms with E-state index in [9.17, 15) is 0 Å². The molecule has 0 fully saturated rings. The summed E-state index contributed by atoms with van der Waals surface area (Å²) in [5, 5.41) is 3.40. The zero-order valence-electron chi connectivity index (χ0n) is 9.84.